The van der Waals surface area contributed by atoms with Crippen LogP contribution in [0.25, 0.3) is 6.08 Å². The van der Waals surface area contributed by atoms with Gasteiger partial charge in [0, 0.05) is 20.3 Å². The number of aromatic nitrogens is 2. The van der Waals surface area contributed by atoms with Crippen LogP contribution in [0.15, 0.2) is 12.5 Å². The third-order valence-corrected chi connectivity index (χ3v) is 2.03. The van der Waals surface area contributed by atoms with E-state index in [4.69, 9.17) is 0 Å². The maximum absolute atomic E-state index is 12.7. The predicted octanol–water partition coefficient (Wildman–Crippen LogP) is 2.23. The van der Waals surface area contributed by atoms with E-state index in [2.05, 4.69) is 9.97 Å². The van der Waals surface area contributed by atoms with Crippen LogP contribution in [0.2, 0.25) is 0 Å². The van der Waals surface area contributed by atoms with Crippen LogP contribution >= 0.6 is 0 Å². The van der Waals surface area contributed by atoms with Gasteiger partial charge in [-0.3, -0.25) is 4.79 Å². The molecule has 0 aromatic carbocycles. The molecule has 0 N–H and O–H groups in total. The number of hydrogen-bond donors (Lipinski definition) is 0. The van der Waals surface area contributed by atoms with Crippen molar-refractivity contribution in [1.29, 1.82) is 0 Å². The summed E-state index contributed by atoms with van der Waals surface area (Å²) in [6.45, 7) is 1.06. The number of ketones is 1. The molecule has 0 bridgehead atoms. The highest BCUT2D eigenvalue weighted by Gasteiger charge is 2.37. The molecule has 0 radical (unpaired) electrons. The van der Waals surface area contributed by atoms with Crippen molar-refractivity contribution in [3.8, 4) is 0 Å². The van der Waals surface area contributed by atoms with Crippen LogP contribution in [-0.2, 0) is 6.18 Å². The summed E-state index contributed by atoms with van der Waals surface area (Å²) < 4.78 is 38.1. The maximum atomic E-state index is 12.7. The van der Waals surface area contributed by atoms with E-state index in [1.807, 2.05) is 0 Å². The second kappa shape index (κ2) is 5.16. The maximum Gasteiger partial charge on any atom is 0.434 e. The highest BCUT2D eigenvalue weighted by atomic mass is 19.4. The zero-order valence-electron chi connectivity index (χ0n) is 10.1. The summed E-state index contributed by atoms with van der Waals surface area (Å²) in [5.41, 5.74) is -1.76. The van der Waals surface area contributed by atoms with E-state index in [-0.39, 0.29) is 5.69 Å². The highest BCUT2D eigenvalue weighted by molar-refractivity contribution is 5.98. The summed E-state index contributed by atoms with van der Waals surface area (Å²) in [7, 11) is 3.41. The molecule has 0 amide bonds. The Morgan fingerprint density at radius 2 is 1.94 bits per heavy atom. The van der Waals surface area contributed by atoms with Gasteiger partial charge < -0.3 is 4.90 Å². The molecular formula is C11H12F3N3O. The van der Waals surface area contributed by atoms with Gasteiger partial charge in [0.1, 0.15) is 6.33 Å². The normalized spacial score (nSPS) is 11.9. The Balaban J connectivity index is 3.40. The minimum absolute atomic E-state index is 0.0430. The third-order valence-electron chi connectivity index (χ3n) is 2.03. The Kier molecular flexibility index (Phi) is 4.05. The zero-order valence-corrected chi connectivity index (χ0v) is 10.1. The quantitative estimate of drug-likeness (QED) is 0.781. The van der Waals surface area contributed by atoms with Gasteiger partial charge in [-0.25, -0.2) is 9.97 Å². The van der Waals surface area contributed by atoms with Crippen LogP contribution in [0.5, 0.6) is 0 Å². The van der Waals surface area contributed by atoms with Crippen LogP contribution in [0.4, 0.5) is 13.2 Å². The van der Waals surface area contributed by atoms with Crippen molar-refractivity contribution in [3.05, 3.63) is 29.5 Å². The van der Waals surface area contributed by atoms with Crippen molar-refractivity contribution in [2.45, 2.75) is 13.1 Å². The lowest BCUT2D eigenvalue weighted by Gasteiger charge is -2.11. The first kappa shape index (κ1) is 14.1. The van der Waals surface area contributed by atoms with Crippen molar-refractivity contribution in [3.63, 3.8) is 0 Å². The molecule has 0 spiro atoms. The molecule has 18 heavy (non-hydrogen) atoms. The topological polar surface area (TPSA) is 46.1 Å². The molecule has 1 aromatic heterocycles. The van der Waals surface area contributed by atoms with Gasteiger partial charge in [0.15, 0.2) is 11.5 Å². The monoisotopic (exact) mass is 259 g/mol. The molecule has 0 aliphatic carbocycles. The molecule has 0 saturated carbocycles. The third kappa shape index (κ3) is 3.28. The van der Waals surface area contributed by atoms with Gasteiger partial charge in [0.25, 0.3) is 0 Å². The van der Waals surface area contributed by atoms with Gasteiger partial charge in [-0.15, -0.1) is 0 Å². The van der Waals surface area contributed by atoms with E-state index in [1.54, 1.807) is 19.0 Å². The molecule has 1 aromatic rings. The molecule has 0 unspecified atom stereocenters. The Morgan fingerprint density at radius 3 is 2.39 bits per heavy atom. The van der Waals surface area contributed by atoms with Crippen LogP contribution in [-0.4, -0.2) is 34.7 Å². The largest absolute Gasteiger partial charge is 0.434 e. The van der Waals surface area contributed by atoms with Crippen LogP contribution in [0.3, 0.4) is 0 Å². The molecule has 1 heterocycles. The SMILES string of the molecule is CC(=O)c1c(/C=C/N(C)C)ncnc1C(F)(F)F. The molecule has 0 aliphatic heterocycles. The standard InChI is InChI=1S/C11H12F3N3O/c1-7(18)9-8(4-5-17(2)3)15-6-16-10(9)11(12,13)14/h4-6H,1-3H3/b5-4+. The number of Topliss-reactive ketones (excluding diaryl/α,β-unsaturated/α-hetero) is 1. The number of halogens is 3. The van der Waals surface area contributed by atoms with Crippen molar-refractivity contribution in [2.24, 2.45) is 0 Å². The van der Waals surface area contributed by atoms with Gasteiger partial charge in [-0.1, -0.05) is 0 Å². The van der Waals surface area contributed by atoms with Gasteiger partial charge in [-0.05, 0) is 13.0 Å². The second-order valence-corrected chi connectivity index (χ2v) is 3.82. The summed E-state index contributed by atoms with van der Waals surface area (Å²) in [4.78, 5) is 19.8. The zero-order chi connectivity index (χ0) is 13.9. The van der Waals surface area contributed by atoms with Gasteiger partial charge in [0.05, 0.1) is 11.3 Å². The van der Waals surface area contributed by atoms with Crippen molar-refractivity contribution in [2.75, 3.05) is 14.1 Å². The Labute approximate surface area is 102 Å². The van der Waals surface area contributed by atoms with E-state index in [0.29, 0.717) is 0 Å². The van der Waals surface area contributed by atoms with E-state index in [9.17, 15) is 18.0 Å². The molecule has 4 nitrogen and oxygen atoms in total. The summed E-state index contributed by atoms with van der Waals surface area (Å²) >= 11 is 0. The van der Waals surface area contributed by atoms with E-state index in [0.717, 1.165) is 13.3 Å². The number of carbonyl (C=O) groups excluding carboxylic acids is 1. The second-order valence-electron chi connectivity index (χ2n) is 3.82. The fourth-order valence-electron chi connectivity index (χ4n) is 1.31. The Hall–Kier alpha value is -1.92. The lowest BCUT2D eigenvalue weighted by Crippen LogP contribution is -2.16. The average molecular weight is 259 g/mol. The summed E-state index contributed by atoms with van der Waals surface area (Å²) in [6.07, 6.45) is -1.03. The smallest absolute Gasteiger partial charge is 0.383 e. The number of nitrogens with zero attached hydrogens (tertiary/aromatic N) is 3. The van der Waals surface area contributed by atoms with Gasteiger partial charge >= 0.3 is 6.18 Å². The molecule has 7 heteroatoms. The molecule has 1 rings (SSSR count). The summed E-state index contributed by atoms with van der Waals surface area (Å²) in [5.74, 6) is -0.721. The minimum Gasteiger partial charge on any atom is -0.383 e. The van der Waals surface area contributed by atoms with E-state index in [1.165, 1.54) is 12.3 Å². The number of carbonyl (C=O) groups is 1. The minimum atomic E-state index is -4.68. The van der Waals surface area contributed by atoms with E-state index < -0.39 is 23.2 Å². The Morgan fingerprint density at radius 1 is 1.33 bits per heavy atom. The number of rotatable bonds is 3. The first-order chi connectivity index (χ1) is 8.23. The van der Waals surface area contributed by atoms with Gasteiger partial charge in [0.2, 0.25) is 0 Å². The molecule has 98 valence electrons. The lowest BCUT2D eigenvalue weighted by molar-refractivity contribution is -0.141. The molecule has 0 fully saturated rings. The predicted molar refractivity (Wildman–Crippen MR) is 59.8 cm³/mol. The van der Waals surface area contributed by atoms with Crippen LogP contribution in [0.1, 0.15) is 28.7 Å². The number of alkyl halides is 3. The molecule has 0 atom stereocenters. The lowest BCUT2D eigenvalue weighted by atomic mass is 10.1. The van der Waals surface area contributed by atoms with Crippen molar-refractivity contribution >= 4 is 11.9 Å². The highest BCUT2D eigenvalue weighted by Crippen LogP contribution is 2.31. The fourth-order valence-corrected chi connectivity index (χ4v) is 1.31. The van der Waals surface area contributed by atoms with Crippen LogP contribution in [0, 0.1) is 0 Å². The van der Waals surface area contributed by atoms with Gasteiger partial charge in [-0.2, -0.15) is 13.2 Å². The molecule has 0 saturated heterocycles. The Bertz CT molecular complexity index is 481. The van der Waals surface area contributed by atoms with Crippen molar-refractivity contribution in [1.82, 2.24) is 14.9 Å². The number of hydrogen-bond acceptors (Lipinski definition) is 4. The average Bonchev–Trinajstić information content (AvgIpc) is 2.24. The fraction of sp³-hybridized carbons (Fsp3) is 0.364. The van der Waals surface area contributed by atoms with Crippen molar-refractivity contribution < 1.29 is 18.0 Å². The summed E-state index contributed by atoms with van der Waals surface area (Å²) in [5, 5.41) is 0. The first-order valence-corrected chi connectivity index (χ1v) is 5.01. The molecular weight excluding hydrogens is 247 g/mol. The van der Waals surface area contributed by atoms with Crippen LogP contribution < -0.4 is 0 Å². The molecule has 0 aliphatic rings. The van der Waals surface area contributed by atoms with E-state index >= 15 is 0 Å². The first-order valence-electron chi connectivity index (χ1n) is 5.01. The summed E-state index contributed by atoms with van der Waals surface area (Å²) in [6, 6.07) is 0.